The number of thioether (sulfide) groups is 1. The summed E-state index contributed by atoms with van der Waals surface area (Å²) >= 11 is 1.55. The Morgan fingerprint density at radius 2 is 2.14 bits per heavy atom. The first-order chi connectivity index (χ1) is 10.0. The highest BCUT2D eigenvalue weighted by Gasteiger charge is 2.12. The third-order valence-corrected chi connectivity index (χ3v) is 3.84. The van der Waals surface area contributed by atoms with Crippen molar-refractivity contribution in [2.24, 2.45) is 5.73 Å². The largest absolute Gasteiger partial charge is 0.480 e. The molecule has 0 spiro atoms. The zero-order valence-electron chi connectivity index (χ0n) is 11.7. The third kappa shape index (κ3) is 4.84. The van der Waals surface area contributed by atoms with Crippen molar-refractivity contribution in [2.75, 3.05) is 0 Å². The Morgan fingerprint density at radius 1 is 1.38 bits per heavy atom. The van der Waals surface area contributed by atoms with Gasteiger partial charge in [0, 0.05) is 17.6 Å². The number of hydrogen-bond acceptors (Lipinski definition) is 5. The average Bonchev–Trinajstić information content (AvgIpc) is 2.45. The lowest BCUT2D eigenvalue weighted by Crippen LogP contribution is -2.32. The van der Waals surface area contributed by atoms with Gasteiger partial charge in [0.2, 0.25) is 0 Å². The van der Waals surface area contributed by atoms with Crippen LogP contribution >= 0.6 is 11.8 Å². The van der Waals surface area contributed by atoms with Crippen LogP contribution in [0.3, 0.4) is 0 Å². The summed E-state index contributed by atoms with van der Waals surface area (Å²) in [5.74, 6) is -0.248. The molecule has 0 aliphatic rings. The Balaban J connectivity index is 1.99. The SMILES string of the molecule is Cc1ccnc(SCc2cccc(CC(N)C(=O)O)c2)n1. The fourth-order valence-corrected chi connectivity index (χ4v) is 2.65. The van der Waals surface area contributed by atoms with Gasteiger partial charge in [-0.15, -0.1) is 0 Å². The molecule has 6 heteroatoms. The number of hydrogen-bond donors (Lipinski definition) is 2. The zero-order valence-corrected chi connectivity index (χ0v) is 12.5. The molecule has 1 aromatic carbocycles. The molecule has 2 rings (SSSR count). The number of aryl methyl sites for hydroxylation is 1. The Morgan fingerprint density at radius 3 is 2.86 bits per heavy atom. The van der Waals surface area contributed by atoms with E-state index >= 15 is 0 Å². The lowest BCUT2D eigenvalue weighted by Gasteiger charge is -2.08. The molecule has 1 heterocycles. The van der Waals surface area contributed by atoms with Gasteiger partial charge in [-0.1, -0.05) is 36.0 Å². The van der Waals surface area contributed by atoms with E-state index in [1.54, 1.807) is 18.0 Å². The predicted octanol–water partition coefficient (Wildman–Crippen LogP) is 2.03. The van der Waals surface area contributed by atoms with Crippen molar-refractivity contribution >= 4 is 17.7 Å². The molecule has 2 aromatic rings. The summed E-state index contributed by atoms with van der Waals surface area (Å²) in [6, 6.07) is 8.77. The zero-order chi connectivity index (χ0) is 15.2. The Kier molecular flexibility index (Phi) is 5.30. The third-order valence-electron chi connectivity index (χ3n) is 2.90. The average molecular weight is 303 g/mol. The van der Waals surface area contributed by atoms with E-state index in [0.717, 1.165) is 27.7 Å². The lowest BCUT2D eigenvalue weighted by molar-refractivity contribution is -0.138. The molecule has 0 amide bonds. The highest BCUT2D eigenvalue weighted by atomic mass is 32.2. The van der Waals surface area contributed by atoms with Gasteiger partial charge in [-0.3, -0.25) is 4.79 Å². The van der Waals surface area contributed by atoms with Gasteiger partial charge in [0.15, 0.2) is 5.16 Å². The Hall–Kier alpha value is -1.92. The van der Waals surface area contributed by atoms with Crippen molar-refractivity contribution in [3.8, 4) is 0 Å². The second-order valence-corrected chi connectivity index (χ2v) is 5.68. The fourth-order valence-electron chi connectivity index (χ4n) is 1.83. The molecule has 1 unspecified atom stereocenters. The molecule has 3 N–H and O–H groups in total. The van der Waals surface area contributed by atoms with Crippen LogP contribution in [0.1, 0.15) is 16.8 Å². The first-order valence-electron chi connectivity index (χ1n) is 6.53. The summed E-state index contributed by atoms with van der Waals surface area (Å²) in [4.78, 5) is 19.3. The van der Waals surface area contributed by atoms with Crippen LogP contribution in [0.5, 0.6) is 0 Å². The van der Waals surface area contributed by atoms with Crippen LogP contribution in [0.15, 0.2) is 41.7 Å². The van der Waals surface area contributed by atoms with Crippen molar-refractivity contribution in [1.29, 1.82) is 0 Å². The van der Waals surface area contributed by atoms with E-state index in [0.29, 0.717) is 6.42 Å². The first-order valence-corrected chi connectivity index (χ1v) is 7.52. The molecule has 5 nitrogen and oxygen atoms in total. The first kappa shape index (κ1) is 15.5. The molecule has 1 atom stereocenters. The van der Waals surface area contributed by atoms with Gasteiger partial charge in [0.25, 0.3) is 0 Å². The van der Waals surface area contributed by atoms with Gasteiger partial charge in [-0.2, -0.15) is 0 Å². The van der Waals surface area contributed by atoms with Crippen LogP contribution < -0.4 is 5.73 Å². The fraction of sp³-hybridized carbons (Fsp3) is 0.267. The highest BCUT2D eigenvalue weighted by molar-refractivity contribution is 7.98. The van der Waals surface area contributed by atoms with Gasteiger partial charge in [-0.25, -0.2) is 9.97 Å². The predicted molar refractivity (Wildman–Crippen MR) is 82.1 cm³/mol. The Labute approximate surface area is 127 Å². The number of nitrogens with zero attached hydrogens (tertiary/aromatic N) is 2. The number of carboxylic acid groups (broad SMARTS) is 1. The second kappa shape index (κ2) is 7.19. The van der Waals surface area contributed by atoms with Crippen LogP contribution in [0.4, 0.5) is 0 Å². The van der Waals surface area contributed by atoms with Crippen LogP contribution in [-0.2, 0) is 17.0 Å². The molecule has 0 radical (unpaired) electrons. The van der Waals surface area contributed by atoms with Gasteiger partial charge in [-0.05, 0) is 30.5 Å². The maximum atomic E-state index is 10.8. The second-order valence-electron chi connectivity index (χ2n) is 4.74. The minimum atomic E-state index is -0.983. The van der Waals surface area contributed by atoms with Crippen molar-refractivity contribution in [2.45, 2.75) is 30.3 Å². The number of rotatable bonds is 6. The van der Waals surface area contributed by atoms with Gasteiger partial charge in [0.05, 0.1) is 0 Å². The molecule has 0 saturated carbocycles. The van der Waals surface area contributed by atoms with Crippen LogP contribution in [-0.4, -0.2) is 27.1 Å². The van der Waals surface area contributed by atoms with E-state index in [1.807, 2.05) is 37.3 Å². The van der Waals surface area contributed by atoms with Crippen LogP contribution in [0.2, 0.25) is 0 Å². The van der Waals surface area contributed by atoms with E-state index in [1.165, 1.54) is 0 Å². The van der Waals surface area contributed by atoms with E-state index < -0.39 is 12.0 Å². The number of carbonyl (C=O) groups is 1. The van der Waals surface area contributed by atoms with Crippen molar-refractivity contribution in [1.82, 2.24) is 9.97 Å². The summed E-state index contributed by atoms with van der Waals surface area (Å²) in [5.41, 5.74) is 8.52. The molecular weight excluding hydrogens is 286 g/mol. The summed E-state index contributed by atoms with van der Waals surface area (Å²) in [7, 11) is 0. The molecule has 0 aliphatic carbocycles. The molecule has 1 aromatic heterocycles. The Bertz CT molecular complexity index is 634. The van der Waals surface area contributed by atoms with Crippen molar-refractivity contribution in [3.05, 3.63) is 53.3 Å². The molecule has 21 heavy (non-hydrogen) atoms. The number of benzene rings is 1. The number of nitrogens with two attached hydrogens (primary N) is 1. The summed E-state index contributed by atoms with van der Waals surface area (Å²) in [6.45, 7) is 1.93. The summed E-state index contributed by atoms with van der Waals surface area (Å²) in [6.07, 6.45) is 2.07. The molecular formula is C15H17N3O2S. The van der Waals surface area contributed by atoms with Crippen LogP contribution in [0, 0.1) is 6.92 Å². The van der Waals surface area contributed by atoms with Gasteiger partial charge < -0.3 is 10.8 Å². The smallest absolute Gasteiger partial charge is 0.320 e. The summed E-state index contributed by atoms with van der Waals surface area (Å²) in [5, 5.41) is 9.58. The normalized spacial score (nSPS) is 12.1. The maximum absolute atomic E-state index is 10.8. The van der Waals surface area contributed by atoms with E-state index in [9.17, 15) is 4.79 Å². The van der Waals surface area contributed by atoms with Crippen molar-refractivity contribution < 1.29 is 9.90 Å². The monoisotopic (exact) mass is 303 g/mol. The van der Waals surface area contributed by atoms with Gasteiger partial charge in [0.1, 0.15) is 6.04 Å². The molecule has 110 valence electrons. The lowest BCUT2D eigenvalue weighted by atomic mass is 10.0. The number of aromatic nitrogens is 2. The van der Waals surface area contributed by atoms with Crippen LogP contribution in [0.25, 0.3) is 0 Å². The number of aliphatic carboxylic acids is 1. The quantitative estimate of drug-likeness (QED) is 0.627. The van der Waals surface area contributed by atoms with E-state index in [2.05, 4.69) is 9.97 Å². The van der Waals surface area contributed by atoms with Crippen molar-refractivity contribution in [3.63, 3.8) is 0 Å². The highest BCUT2D eigenvalue weighted by Crippen LogP contribution is 2.20. The molecule has 0 saturated heterocycles. The van der Waals surface area contributed by atoms with E-state index in [4.69, 9.17) is 10.8 Å². The topological polar surface area (TPSA) is 89.1 Å². The number of carboxylic acids is 1. The minimum absolute atomic E-state index is 0.328. The standard InChI is InChI=1S/C15H17N3O2S/c1-10-5-6-17-15(18-10)21-9-12-4-2-3-11(7-12)8-13(16)14(19)20/h2-7,13H,8-9,16H2,1H3,(H,19,20). The minimum Gasteiger partial charge on any atom is -0.480 e. The maximum Gasteiger partial charge on any atom is 0.320 e. The van der Waals surface area contributed by atoms with E-state index in [-0.39, 0.29) is 0 Å². The summed E-state index contributed by atoms with van der Waals surface area (Å²) < 4.78 is 0. The molecule has 0 aliphatic heterocycles. The molecule has 0 fully saturated rings. The molecule has 0 bridgehead atoms. The van der Waals surface area contributed by atoms with Gasteiger partial charge >= 0.3 is 5.97 Å².